The summed E-state index contributed by atoms with van der Waals surface area (Å²) in [7, 11) is -1.22. The molecule has 0 aromatic rings. The Balaban J connectivity index is 4.98. The van der Waals surface area contributed by atoms with Gasteiger partial charge in [-0.25, -0.2) is 0 Å². The van der Waals surface area contributed by atoms with Crippen molar-refractivity contribution in [1.29, 1.82) is 0 Å². The molecule has 0 aliphatic heterocycles. The smallest absolute Gasteiger partial charge is 0.0917 e. The molecular formula is C13H26Si. The van der Waals surface area contributed by atoms with Gasteiger partial charge in [0.25, 0.3) is 0 Å². The molecular weight excluding hydrogens is 184 g/mol. The molecule has 0 N–H and O–H groups in total. The van der Waals surface area contributed by atoms with Gasteiger partial charge in [-0.1, -0.05) is 54.9 Å². The summed E-state index contributed by atoms with van der Waals surface area (Å²) in [4.78, 5) is 0. The Morgan fingerprint density at radius 2 is 1.36 bits per heavy atom. The van der Waals surface area contributed by atoms with Gasteiger partial charge in [-0.15, -0.1) is 0 Å². The molecule has 0 aliphatic rings. The van der Waals surface area contributed by atoms with Gasteiger partial charge in [0.05, 0.1) is 0 Å². The zero-order valence-electron chi connectivity index (χ0n) is 10.8. The van der Waals surface area contributed by atoms with Crippen molar-refractivity contribution < 1.29 is 0 Å². The van der Waals surface area contributed by atoms with E-state index in [1.165, 1.54) is 29.7 Å². The second kappa shape index (κ2) is 6.23. The van der Waals surface area contributed by atoms with Gasteiger partial charge in [0.1, 0.15) is 8.07 Å². The molecule has 0 rings (SSSR count). The zero-order chi connectivity index (χ0) is 11.2. The molecule has 0 spiro atoms. The van der Waals surface area contributed by atoms with E-state index in [4.69, 9.17) is 0 Å². The normalized spacial score (nSPS) is 11.0. The fourth-order valence-corrected chi connectivity index (χ4v) is 6.55. The van der Waals surface area contributed by atoms with Crippen LogP contribution in [-0.4, -0.2) is 8.07 Å². The summed E-state index contributed by atoms with van der Waals surface area (Å²) in [6.45, 7) is 13.6. The van der Waals surface area contributed by atoms with Gasteiger partial charge in [0, 0.05) is 0 Å². The molecule has 82 valence electrons. The number of rotatable bonds is 5. The van der Waals surface area contributed by atoms with Crippen molar-refractivity contribution in [2.45, 2.75) is 60.1 Å². The fraction of sp³-hybridized carbons (Fsp3) is 0.692. The third-order valence-electron chi connectivity index (χ3n) is 2.53. The maximum atomic E-state index is 2.57. The topological polar surface area (TPSA) is 0 Å². The summed E-state index contributed by atoms with van der Waals surface area (Å²) in [5.74, 6) is 0. The third-order valence-corrected chi connectivity index (χ3v) is 7.58. The Morgan fingerprint density at radius 1 is 0.929 bits per heavy atom. The Hall–Kier alpha value is -0.303. The molecule has 0 bridgehead atoms. The SMILES string of the molecule is CCC[Si](C=C(C)C)(C=C(C)C)CC. The van der Waals surface area contributed by atoms with E-state index in [1.54, 1.807) is 0 Å². The van der Waals surface area contributed by atoms with Crippen LogP contribution in [-0.2, 0) is 0 Å². The molecule has 0 amide bonds. The molecule has 0 saturated carbocycles. The standard InChI is InChI=1S/C13H26Si/c1-7-9-14(8-2,10-12(3)4)11-13(5)6/h10-11H,7-9H2,1-6H3. The Kier molecular flexibility index (Phi) is 6.10. The van der Waals surface area contributed by atoms with Gasteiger partial charge in [0.2, 0.25) is 0 Å². The molecule has 0 aromatic heterocycles. The van der Waals surface area contributed by atoms with E-state index in [0.29, 0.717) is 0 Å². The molecule has 0 fully saturated rings. The van der Waals surface area contributed by atoms with Crippen molar-refractivity contribution in [3.8, 4) is 0 Å². The van der Waals surface area contributed by atoms with E-state index < -0.39 is 8.07 Å². The summed E-state index contributed by atoms with van der Waals surface area (Å²) in [5.41, 5.74) is 8.13. The van der Waals surface area contributed by atoms with Crippen LogP contribution < -0.4 is 0 Å². The van der Waals surface area contributed by atoms with E-state index in [0.717, 1.165) is 0 Å². The summed E-state index contributed by atoms with van der Waals surface area (Å²) in [6.07, 6.45) is 1.31. The van der Waals surface area contributed by atoms with Gasteiger partial charge in [0.15, 0.2) is 0 Å². The fourth-order valence-electron chi connectivity index (χ4n) is 2.18. The molecule has 0 atom stereocenters. The molecule has 0 aromatic carbocycles. The van der Waals surface area contributed by atoms with Crippen LogP contribution in [0.15, 0.2) is 22.5 Å². The highest BCUT2D eigenvalue weighted by Gasteiger charge is 2.24. The Labute approximate surface area is 91.1 Å². The van der Waals surface area contributed by atoms with E-state index in [9.17, 15) is 0 Å². The van der Waals surface area contributed by atoms with E-state index in [2.05, 4.69) is 52.9 Å². The van der Waals surface area contributed by atoms with E-state index >= 15 is 0 Å². The van der Waals surface area contributed by atoms with Crippen molar-refractivity contribution in [3.05, 3.63) is 22.5 Å². The van der Waals surface area contributed by atoms with Crippen LogP contribution in [0.1, 0.15) is 48.0 Å². The first-order chi connectivity index (χ1) is 6.45. The van der Waals surface area contributed by atoms with Crippen LogP contribution in [0, 0.1) is 0 Å². The van der Waals surface area contributed by atoms with Gasteiger partial charge in [-0.05, 0) is 27.7 Å². The second-order valence-electron chi connectivity index (χ2n) is 4.78. The number of hydrogen-bond acceptors (Lipinski definition) is 0. The summed E-state index contributed by atoms with van der Waals surface area (Å²) in [6, 6.07) is 2.75. The quantitative estimate of drug-likeness (QED) is 0.568. The summed E-state index contributed by atoms with van der Waals surface area (Å²) >= 11 is 0. The molecule has 0 saturated heterocycles. The van der Waals surface area contributed by atoms with Crippen LogP contribution in [0.25, 0.3) is 0 Å². The zero-order valence-corrected chi connectivity index (χ0v) is 11.8. The monoisotopic (exact) mass is 210 g/mol. The molecule has 0 aliphatic carbocycles. The van der Waals surface area contributed by atoms with Gasteiger partial charge in [-0.3, -0.25) is 0 Å². The van der Waals surface area contributed by atoms with Crippen LogP contribution in [0.3, 0.4) is 0 Å². The number of hydrogen-bond donors (Lipinski definition) is 0. The Morgan fingerprint density at radius 3 is 1.57 bits per heavy atom. The minimum atomic E-state index is -1.22. The molecule has 1 heteroatoms. The Bertz CT molecular complexity index is 197. The highest BCUT2D eigenvalue weighted by Crippen LogP contribution is 2.23. The first kappa shape index (κ1) is 13.7. The molecule has 0 unspecified atom stereocenters. The van der Waals surface area contributed by atoms with Crippen molar-refractivity contribution in [1.82, 2.24) is 0 Å². The average molecular weight is 210 g/mol. The van der Waals surface area contributed by atoms with E-state index in [1.807, 2.05) is 0 Å². The summed E-state index contributed by atoms with van der Waals surface area (Å²) < 4.78 is 0. The minimum Gasteiger partial charge on any atom is -0.0917 e. The van der Waals surface area contributed by atoms with Crippen molar-refractivity contribution >= 4 is 8.07 Å². The molecule has 0 nitrogen and oxygen atoms in total. The van der Waals surface area contributed by atoms with Crippen LogP contribution in [0.5, 0.6) is 0 Å². The predicted molar refractivity (Wildman–Crippen MR) is 70.2 cm³/mol. The van der Waals surface area contributed by atoms with Crippen molar-refractivity contribution in [2.75, 3.05) is 0 Å². The second-order valence-corrected chi connectivity index (χ2v) is 9.03. The van der Waals surface area contributed by atoms with E-state index in [-0.39, 0.29) is 0 Å². The molecule has 0 heterocycles. The summed E-state index contributed by atoms with van der Waals surface area (Å²) in [5, 5.41) is 0. The number of allylic oxidation sites excluding steroid dienone is 2. The van der Waals surface area contributed by atoms with Crippen LogP contribution in [0.4, 0.5) is 0 Å². The predicted octanol–water partition coefficient (Wildman–Crippen LogP) is 4.88. The van der Waals surface area contributed by atoms with Crippen molar-refractivity contribution in [3.63, 3.8) is 0 Å². The van der Waals surface area contributed by atoms with Gasteiger partial charge < -0.3 is 0 Å². The highest BCUT2D eigenvalue weighted by molar-refractivity contribution is 6.89. The van der Waals surface area contributed by atoms with Crippen LogP contribution in [0.2, 0.25) is 12.1 Å². The maximum absolute atomic E-state index is 2.57. The maximum Gasteiger partial charge on any atom is 0.101 e. The molecule has 14 heavy (non-hydrogen) atoms. The lowest BCUT2D eigenvalue weighted by molar-refractivity contribution is 1.04. The lowest BCUT2D eigenvalue weighted by Crippen LogP contribution is -2.29. The first-order valence-electron chi connectivity index (χ1n) is 5.78. The van der Waals surface area contributed by atoms with Gasteiger partial charge >= 0.3 is 0 Å². The average Bonchev–Trinajstić information content (AvgIpc) is 2.02. The highest BCUT2D eigenvalue weighted by atomic mass is 28.3. The molecule has 0 radical (unpaired) electrons. The largest absolute Gasteiger partial charge is 0.101 e. The lowest BCUT2D eigenvalue weighted by atomic mass is 10.4. The van der Waals surface area contributed by atoms with Crippen LogP contribution >= 0.6 is 0 Å². The minimum absolute atomic E-state index is 1.22. The first-order valence-corrected chi connectivity index (χ1v) is 8.34. The van der Waals surface area contributed by atoms with Crippen molar-refractivity contribution in [2.24, 2.45) is 0 Å². The third kappa shape index (κ3) is 4.80. The lowest BCUT2D eigenvalue weighted by Gasteiger charge is -2.24. The van der Waals surface area contributed by atoms with Gasteiger partial charge in [-0.2, -0.15) is 0 Å².